The largest absolute Gasteiger partial charge is 0.462 e. The zero-order valence-electron chi connectivity index (χ0n) is 24.4. The SMILES string of the molecule is CCOC(=O)c1ccc(N(CCCSc2nc3ccccc3n2CC(=O)OC(C)(C)C)C(=O)OC(C)(C)C)cc1. The minimum Gasteiger partial charge on any atom is -0.462 e. The van der Waals surface area contributed by atoms with E-state index < -0.39 is 23.3 Å². The number of benzene rings is 2. The summed E-state index contributed by atoms with van der Waals surface area (Å²) >= 11 is 1.51. The zero-order valence-corrected chi connectivity index (χ0v) is 25.2. The molecule has 0 bridgehead atoms. The van der Waals surface area contributed by atoms with Crippen LogP contribution >= 0.6 is 11.8 Å². The van der Waals surface area contributed by atoms with Crippen LogP contribution in [-0.2, 0) is 25.5 Å². The molecule has 40 heavy (non-hydrogen) atoms. The van der Waals surface area contributed by atoms with Gasteiger partial charge in [0.15, 0.2) is 5.16 Å². The number of carbonyl (C=O) groups is 3. The molecule has 0 aliphatic heterocycles. The van der Waals surface area contributed by atoms with Crippen molar-refractivity contribution < 1.29 is 28.6 Å². The average molecular weight is 570 g/mol. The number of esters is 2. The summed E-state index contributed by atoms with van der Waals surface area (Å²) in [7, 11) is 0. The van der Waals surface area contributed by atoms with Crippen LogP contribution in [0.4, 0.5) is 10.5 Å². The molecule has 0 radical (unpaired) electrons. The molecule has 0 aliphatic carbocycles. The Labute approximate surface area is 240 Å². The predicted octanol–water partition coefficient (Wildman–Crippen LogP) is 6.48. The lowest BCUT2D eigenvalue weighted by Gasteiger charge is -2.27. The number of thioether (sulfide) groups is 1. The summed E-state index contributed by atoms with van der Waals surface area (Å²) in [5.74, 6) is -0.110. The molecule has 0 saturated heterocycles. The monoisotopic (exact) mass is 569 g/mol. The van der Waals surface area contributed by atoms with Crippen molar-refractivity contribution >= 4 is 46.5 Å². The highest BCUT2D eigenvalue weighted by atomic mass is 32.2. The summed E-state index contributed by atoms with van der Waals surface area (Å²) in [5, 5.41) is 0.703. The minimum absolute atomic E-state index is 0.0525. The van der Waals surface area contributed by atoms with Crippen molar-refractivity contribution in [1.82, 2.24) is 9.55 Å². The van der Waals surface area contributed by atoms with Gasteiger partial charge in [0.05, 0.1) is 23.2 Å². The third kappa shape index (κ3) is 9.01. The number of nitrogens with zero attached hydrogens (tertiary/aromatic N) is 3. The number of hydrogen-bond donors (Lipinski definition) is 0. The summed E-state index contributed by atoms with van der Waals surface area (Å²) in [5.41, 5.74) is 1.43. The molecular formula is C30H39N3O6S. The van der Waals surface area contributed by atoms with Gasteiger partial charge in [0.25, 0.3) is 0 Å². The summed E-state index contributed by atoms with van der Waals surface area (Å²) in [4.78, 5) is 44.1. The van der Waals surface area contributed by atoms with Crippen molar-refractivity contribution in [2.24, 2.45) is 0 Å². The van der Waals surface area contributed by atoms with Gasteiger partial charge in [0.1, 0.15) is 17.7 Å². The topological polar surface area (TPSA) is 100.0 Å². The Balaban J connectivity index is 1.73. The highest BCUT2D eigenvalue weighted by Gasteiger charge is 2.24. The summed E-state index contributed by atoms with van der Waals surface area (Å²) in [6.07, 6.45) is 0.151. The van der Waals surface area contributed by atoms with Gasteiger partial charge in [0.2, 0.25) is 0 Å². The first-order valence-corrected chi connectivity index (χ1v) is 14.3. The molecule has 0 atom stereocenters. The number of imidazole rings is 1. The van der Waals surface area contributed by atoms with Crippen molar-refractivity contribution in [3.63, 3.8) is 0 Å². The van der Waals surface area contributed by atoms with Crippen LogP contribution in [0.5, 0.6) is 0 Å². The Morgan fingerprint density at radius 3 is 2.20 bits per heavy atom. The molecular weight excluding hydrogens is 530 g/mol. The van der Waals surface area contributed by atoms with Crippen LogP contribution in [0, 0.1) is 0 Å². The third-order valence-corrected chi connectivity index (χ3v) is 6.45. The second-order valence-corrected chi connectivity index (χ2v) is 12.2. The number of aromatic nitrogens is 2. The molecule has 1 amide bonds. The van der Waals surface area contributed by atoms with E-state index >= 15 is 0 Å². The van der Waals surface area contributed by atoms with Crippen molar-refractivity contribution in [2.45, 2.75) is 77.8 Å². The number of rotatable bonds is 10. The summed E-state index contributed by atoms with van der Waals surface area (Å²) in [6.45, 7) is 13.4. The molecule has 3 aromatic rings. The van der Waals surface area contributed by atoms with E-state index in [9.17, 15) is 14.4 Å². The normalized spacial score (nSPS) is 11.8. The Morgan fingerprint density at radius 2 is 1.57 bits per heavy atom. The highest BCUT2D eigenvalue weighted by Crippen LogP contribution is 2.26. The van der Waals surface area contributed by atoms with E-state index in [1.807, 2.05) is 70.4 Å². The van der Waals surface area contributed by atoms with Gasteiger partial charge in [-0.05, 0) is 91.3 Å². The second kappa shape index (κ2) is 13.2. The Kier molecular flexibility index (Phi) is 10.2. The van der Waals surface area contributed by atoms with Gasteiger partial charge in [-0.2, -0.15) is 0 Å². The van der Waals surface area contributed by atoms with Crippen LogP contribution in [-0.4, -0.2) is 57.7 Å². The predicted molar refractivity (Wildman–Crippen MR) is 157 cm³/mol. The number of ether oxygens (including phenoxy) is 3. The Hall–Kier alpha value is -3.53. The van der Waals surface area contributed by atoms with Crippen LogP contribution in [0.15, 0.2) is 53.7 Å². The fraction of sp³-hybridized carbons (Fsp3) is 0.467. The zero-order chi connectivity index (χ0) is 29.5. The fourth-order valence-electron chi connectivity index (χ4n) is 3.84. The Morgan fingerprint density at radius 1 is 0.925 bits per heavy atom. The van der Waals surface area contributed by atoms with E-state index in [0.717, 1.165) is 11.0 Å². The number of carbonyl (C=O) groups excluding carboxylic acids is 3. The summed E-state index contributed by atoms with van der Waals surface area (Å²) in [6, 6.07) is 14.4. The van der Waals surface area contributed by atoms with Crippen LogP contribution < -0.4 is 4.90 Å². The molecule has 3 rings (SSSR count). The molecule has 0 aliphatic rings. The van der Waals surface area contributed by atoms with E-state index in [4.69, 9.17) is 19.2 Å². The maximum atomic E-state index is 13.1. The van der Waals surface area contributed by atoms with Crippen molar-refractivity contribution in [3.05, 3.63) is 54.1 Å². The van der Waals surface area contributed by atoms with Gasteiger partial charge in [-0.3, -0.25) is 9.69 Å². The molecule has 2 aromatic carbocycles. The highest BCUT2D eigenvalue weighted by molar-refractivity contribution is 7.99. The molecule has 0 unspecified atom stereocenters. The van der Waals surface area contributed by atoms with E-state index in [-0.39, 0.29) is 19.1 Å². The molecule has 9 nitrogen and oxygen atoms in total. The van der Waals surface area contributed by atoms with Crippen LogP contribution in [0.2, 0.25) is 0 Å². The average Bonchev–Trinajstić information content (AvgIpc) is 3.19. The first-order chi connectivity index (χ1) is 18.8. The molecule has 0 fully saturated rings. The lowest BCUT2D eigenvalue weighted by molar-refractivity contribution is -0.155. The molecule has 1 aromatic heterocycles. The van der Waals surface area contributed by atoms with Crippen molar-refractivity contribution in [3.8, 4) is 0 Å². The molecule has 216 valence electrons. The number of hydrogen-bond acceptors (Lipinski definition) is 8. The molecule has 0 N–H and O–H groups in total. The third-order valence-electron chi connectivity index (χ3n) is 5.39. The van der Waals surface area contributed by atoms with Crippen LogP contribution in [0.1, 0.15) is 65.2 Å². The van der Waals surface area contributed by atoms with E-state index in [1.165, 1.54) is 11.8 Å². The first-order valence-electron chi connectivity index (χ1n) is 13.3. The number of fused-ring (bicyclic) bond motifs is 1. The van der Waals surface area contributed by atoms with E-state index in [1.54, 1.807) is 36.1 Å². The van der Waals surface area contributed by atoms with Crippen molar-refractivity contribution in [1.29, 1.82) is 0 Å². The van der Waals surface area contributed by atoms with Crippen LogP contribution in [0.25, 0.3) is 11.0 Å². The molecule has 0 spiro atoms. The van der Waals surface area contributed by atoms with E-state index in [2.05, 4.69) is 0 Å². The number of anilines is 1. The maximum Gasteiger partial charge on any atom is 0.414 e. The lowest BCUT2D eigenvalue weighted by Crippen LogP contribution is -2.37. The molecule has 10 heteroatoms. The van der Waals surface area contributed by atoms with Gasteiger partial charge < -0.3 is 18.8 Å². The van der Waals surface area contributed by atoms with Gasteiger partial charge in [-0.25, -0.2) is 14.6 Å². The van der Waals surface area contributed by atoms with Crippen LogP contribution in [0.3, 0.4) is 0 Å². The van der Waals surface area contributed by atoms with Gasteiger partial charge in [0, 0.05) is 18.0 Å². The second-order valence-electron chi connectivity index (χ2n) is 11.2. The van der Waals surface area contributed by atoms with Gasteiger partial charge >= 0.3 is 18.0 Å². The fourth-order valence-corrected chi connectivity index (χ4v) is 4.78. The minimum atomic E-state index is -0.665. The van der Waals surface area contributed by atoms with Crippen molar-refractivity contribution in [2.75, 3.05) is 23.8 Å². The van der Waals surface area contributed by atoms with E-state index in [0.29, 0.717) is 35.1 Å². The standard InChI is InChI=1S/C30H39N3O6S/c1-8-37-26(35)21-14-16-22(17-15-21)32(28(36)39-30(5,6)7)18-11-19-40-27-31-23-12-9-10-13-24(23)33(27)20-25(34)38-29(2,3)4/h9-10,12-17H,8,11,18-20H2,1-7H3. The first kappa shape index (κ1) is 31.0. The van der Waals surface area contributed by atoms with Gasteiger partial charge in [-0.1, -0.05) is 23.9 Å². The molecule has 0 saturated carbocycles. The van der Waals surface area contributed by atoms with Gasteiger partial charge in [-0.15, -0.1) is 0 Å². The number of para-hydroxylation sites is 2. The smallest absolute Gasteiger partial charge is 0.414 e. The summed E-state index contributed by atoms with van der Waals surface area (Å²) < 4.78 is 18.1. The lowest BCUT2D eigenvalue weighted by atomic mass is 10.2. The Bertz CT molecular complexity index is 1320. The molecule has 1 heterocycles. The maximum absolute atomic E-state index is 13.1. The number of amides is 1. The quantitative estimate of drug-likeness (QED) is 0.118.